The Labute approximate surface area is 66.2 Å². The topological polar surface area (TPSA) is 73.0 Å². The van der Waals surface area contributed by atoms with E-state index in [0.29, 0.717) is 18.6 Å². The molecule has 0 saturated heterocycles. The van der Waals surface area contributed by atoms with Crippen molar-refractivity contribution in [2.24, 2.45) is 5.16 Å². The van der Waals surface area contributed by atoms with E-state index < -0.39 is 12.2 Å². The molecule has 0 bridgehead atoms. The zero-order valence-corrected chi connectivity index (χ0v) is 6.86. The van der Waals surface area contributed by atoms with Crippen molar-refractivity contribution in [1.29, 1.82) is 0 Å². The zero-order valence-electron chi connectivity index (χ0n) is 6.86. The Morgan fingerprint density at radius 1 is 1.18 bits per heavy atom. The van der Waals surface area contributed by atoms with Crippen molar-refractivity contribution < 1.29 is 15.4 Å². The van der Waals surface area contributed by atoms with E-state index in [1.807, 2.05) is 0 Å². The lowest BCUT2D eigenvalue weighted by Gasteiger charge is -2.07. The van der Waals surface area contributed by atoms with Crippen LogP contribution in [0.1, 0.15) is 26.7 Å². The van der Waals surface area contributed by atoms with Gasteiger partial charge in [-0.05, 0) is 13.8 Å². The van der Waals surface area contributed by atoms with Crippen molar-refractivity contribution in [3.63, 3.8) is 0 Å². The molecule has 0 aromatic heterocycles. The highest BCUT2D eigenvalue weighted by atomic mass is 16.4. The molecule has 0 aliphatic carbocycles. The molecule has 0 aliphatic heterocycles. The van der Waals surface area contributed by atoms with Crippen LogP contribution in [-0.2, 0) is 0 Å². The minimum Gasteiger partial charge on any atom is -0.411 e. The maximum atomic E-state index is 8.89. The molecular weight excluding hydrogens is 146 g/mol. The minimum absolute atomic E-state index is 0.307. The van der Waals surface area contributed by atoms with Crippen LogP contribution >= 0.6 is 0 Å². The second-order valence-corrected chi connectivity index (χ2v) is 2.77. The predicted molar refractivity (Wildman–Crippen MR) is 41.8 cm³/mol. The van der Waals surface area contributed by atoms with Gasteiger partial charge in [0.2, 0.25) is 0 Å². The maximum Gasteiger partial charge on any atom is 0.0621 e. The summed E-state index contributed by atoms with van der Waals surface area (Å²) in [5, 5.41) is 29.1. The van der Waals surface area contributed by atoms with Crippen LogP contribution in [0.5, 0.6) is 0 Å². The van der Waals surface area contributed by atoms with Crippen LogP contribution in [0.3, 0.4) is 0 Å². The molecule has 2 atom stereocenters. The monoisotopic (exact) mass is 161 g/mol. The van der Waals surface area contributed by atoms with Crippen LogP contribution in [0.15, 0.2) is 5.16 Å². The highest BCUT2D eigenvalue weighted by Gasteiger charge is 2.07. The van der Waals surface area contributed by atoms with Gasteiger partial charge in [-0.25, -0.2) is 0 Å². The van der Waals surface area contributed by atoms with Gasteiger partial charge in [0.15, 0.2) is 0 Å². The molecule has 4 heteroatoms. The van der Waals surface area contributed by atoms with Crippen molar-refractivity contribution in [2.45, 2.75) is 38.9 Å². The fourth-order valence-corrected chi connectivity index (χ4v) is 0.847. The standard InChI is InChI=1S/C7H15NO3/c1-5(9)3-7(8-11)4-6(2)10/h5-6,9-11H,3-4H2,1-2H3. The first-order valence-electron chi connectivity index (χ1n) is 3.62. The van der Waals surface area contributed by atoms with Gasteiger partial charge in [0, 0.05) is 12.8 Å². The summed E-state index contributed by atoms with van der Waals surface area (Å²) in [4.78, 5) is 0. The Morgan fingerprint density at radius 2 is 1.55 bits per heavy atom. The summed E-state index contributed by atoms with van der Waals surface area (Å²) in [7, 11) is 0. The first-order valence-corrected chi connectivity index (χ1v) is 3.62. The summed E-state index contributed by atoms with van der Waals surface area (Å²) in [5.41, 5.74) is 0.426. The highest BCUT2D eigenvalue weighted by molar-refractivity contribution is 5.84. The van der Waals surface area contributed by atoms with Gasteiger partial charge in [-0.15, -0.1) is 0 Å². The van der Waals surface area contributed by atoms with E-state index in [2.05, 4.69) is 5.16 Å². The predicted octanol–water partition coefficient (Wildman–Crippen LogP) is 0.358. The smallest absolute Gasteiger partial charge is 0.0621 e. The average molecular weight is 161 g/mol. The van der Waals surface area contributed by atoms with Crippen molar-refractivity contribution in [3.05, 3.63) is 0 Å². The molecule has 66 valence electrons. The van der Waals surface area contributed by atoms with Crippen LogP contribution in [0.25, 0.3) is 0 Å². The van der Waals surface area contributed by atoms with Crippen LogP contribution in [-0.4, -0.2) is 33.3 Å². The van der Waals surface area contributed by atoms with Crippen molar-refractivity contribution >= 4 is 5.71 Å². The lowest BCUT2D eigenvalue weighted by atomic mass is 10.1. The molecule has 0 aromatic rings. The van der Waals surface area contributed by atoms with E-state index in [9.17, 15) is 0 Å². The van der Waals surface area contributed by atoms with E-state index >= 15 is 0 Å². The lowest BCUT2D eigenvalue weighted by Crippen LogP contribution is -2.15. The normalized spacial score (nSPS) is 15.6. The average Bonchev–Trinajstić information content (AvgIpc) is 1.84. The molecule has 0 fully saturated rings. The van der Waals surface area contributed by atoms with Gasteiger partial charge < -0.3 is 15.4 Å². The molecule has 3 N–H and O–H groups in total. The number of nitrogens with zero attached hydrogens (tertiary/aromatic N) is 1. The Morgan fingerprint density at radius 3 is 1.73 bits per heavy atom. The van der Waals surface area contributed by atoms with E-state index in [4.69, 9.17) is 15.4 Å². The molecule has 0 rings (SSSR count). The molecule has 0 heterocycles. The third-order valence-corrected chi connectivity index (χ3v) is 1.20. The summed E-state index contributed by atoms with van der Waals surface area (Å²) in [5.74, 6) is 0. The quantitative estimate of drug-likeness (QED) is 0.316. The van der Waals surface area contributed by atoms with Crippen molar-refractivity contribution in [3.8, 4) is 0 Å². The number of aliphatic hydroxyl groups is 2. The molecular formula is C7H15NO3. The van der Waals surface area contributed by atoms with Crippen LogP contribution in [0, 0.1) is 0 Å². The molecule has 0 spiro atoms. The molecule has 0 aromatic carbocycles. The summed E-state index contributed by atoms with van der Waals surface area (Å²) >= 11 is 0. The first-order chi connectivity index (χ1) is 5.06. The van der Waals surface area contributed by atoms with Gasteiger partial charge in [0.25, 0.3) is 0 Å². The molecule has 0 radical (unpaired) electrons. The lowest BCUT2D eigenvalue weighted by molar-refractivity contribution is 0.187. The molecule has 4 nitrogen and oxygen atoms in total. The number of aliphatic hydroxyl groups excluding tert-OH is 2. The van der Waals surface area contributed by atoms with E-state index in [-0.39, 0.29) is 0 Å². The fraction of sp³-hybridized carbons (Fsp3) is 0.857. The second-order valence-electron chi connectivity index (χ2n) is 2.77. The van der Waals surface area contributed by atoms with Crippen LogP contribution in [0.4, 0.5) is 0 Å². The Hall–Kier alpha value is -0.610. The van der Waals surface area contributed by atoms with E-state index in [1.54, 1.807) is 13.8 Å². The van der Waals surface area contributed by atoms with Gasteiger partial charge in [0.1, 0.15) is 0 Å². The summed E-state index contributed by atoms with van der Waals surface area (Å²) < 4.78 is 0. The first kappa shape index (κ1) is 10.4. The largest absolute Gasteiger partial charge is 0.411 e. The molecule has 0 saturated carbocycles. The molecule has 2 unspecified atom stereocenters. The SMILES string of the molecule is CC(O)CC(CC(C)O)=NO. The number of rotatable bonds is 4. The van der Waals surface area contributed by atoms with E-state index in [1.165, 1.54) is 0 Å². The molecule has 0 aliphatic rings. The van der Waals surface area contributed by atoms with E-state index in [0.717, 1.165) is 0 Å². The number of hydrogen-bond acceptors (Lipinski definition) is 4. The van der Waals surface area contributed by atoms with Crippen molar-refractivity contribution in [1.82, 2.24) is 0 Å². The van der Waals surface area contributed by atoms with Gasteiger partial charge >= 0.3 is 0 Å². The minimum atomic E-state index is -0.528. The Bertz CT molecular complexity index is 120. The summed E-state index contributed by atoms with van der Waals surface area (Å²) in [6.45, 7) is 3.21. The maximum absolute atomic E-state index is 8.89. The number of oxime groups is 1. The zero-order chi connectivity index (χ0) is 8.85. The third kappa shape index (κ3) is 5.82. The second kappa shape index (κ2) is 5.09. The summed E-state index contributed by atoms with van der Waals surface area (Å²) in [6.07, 6.45) is -0.442. The Kier molecular flexibility index (Phi) is 4.81. The number of hydrogen-bond donors (Lipinski definition) is 3. The van der Waals surface area contributed by atoms with Gasteiger partial charge in [-0.2, -0.15) is 0 Å². The Balaban J connectivity index is 3.79. The van der Waals surface area contributed by atoms with Crippen LogP contribution < -0.4 is 0 Å². The van der Waals surface area contributed by atoms with Gasteiger partial charge in [-0.1, -0.05) is 5.16 Å². The van der Waals surface area contributed by atoms with Gasteiger partial charge in [-0.3, -0.25) is 0 Å². The van der Waals surface area contributed by atoms with Gasteiger partial charge in [0.05, 0.1) is 17.9 Å². The highest BCUT2D eigenvalue weighted by Crippen LogP contribution is 2.01. The fourth-order valence-electron chi connectivity index (χ4n) is 0.847. The molecule has 0 amide bonds. The van der Waals surface area contributed by atoms with Crippen LogP contribution in [0.2, 0.25) is 0 Å². The van der Waals surface area contributed by atoms with Crippen molar-refractivity contribution in [2.75, 3.05) is 0 Å². The molecule has 11 heavy (non-hydrogen) atoms. The third-order valence-electron chi connectivity index (χ3n) is 1.20. The summed E-state index contributed by atoms with van der Waals surface area (Å²) in [6, 6.07) is 0.